The number of piperidine rings is 1. The van der Waals surface area contributed by atoms with Crippen LogP contribution < -0.4 is 27.2 Å². The number of hydrogen-bond acceptors (Lipinski definition) is 7. The van der Waals surface area contributed by atoms with Crippen LogP contribution in [-0.4, -0.2) is 55.3 Å². The molecule has 0 spiro atoms. The van der Waals surface area contributed by atoms with Gasteiger partial charge in [0.05, 0.1) is 24.1 Å². The molecule has 4 aromatic rings. The molecule has 11 heteroatoms. The molecule has 1 aliphatic carbocycles. The molecule has 3 aromatic heterocycles. The molecule has 11 nitrogen and oxygen atoms in total. The van der Waals surface area contributed by atoms with Gasteiger partial charge in [0.1, 0.15) is 22.7 Å². The number of nitrogens with two attached hydrogens (primary N) is 1. The number of aryl methyl sites for hydroxylation is 1. The van der Waals surface area contributed by atoms with Crippen molar-refractivity contribution in [3.05, 3.63) is 62.7 Å². The number of benzene rings is 1. The molecule has 1 atom stereocenters. The van der Waals surface area contributed by atoms with Gasteiger partial charge in [0.25, 0.3) is 11.5 Å². The number of carbonyl (C=O) groups is 1. The number of hydrogen-bond donors (Lipinski definition) is 2. The quantitative estimate of drug-likeness (QED) is 0.326. The van der Waals surface area contributed by atoms with Gasteiger partial charge in [-0.15, -0.1) is 5.92 Å². The summed E-state index contributed by atoms with van der Waals surface area (Å²) in [5.41, 5.74) is 6.93. The smallest absolute Gasteiger partial charge is 0.331 e. The van der Waals surface area contributed by atoms with Crippen molar-refractivity contribution in [2.75, 3.05) is 24.5 Å². The number of para-hydroxylation sites is 1. The highest BCUT2D eigenvalue weighted by molar-refractivity contribution is 6.11. The highest BCUT2D eigenvalue weighted by Crippen LogP contribution is 2.33. The van der Waals surface area contributed by atoms with E-state index in [0.717, 1.165) is 41.2 Å². The van der Waals surface area contributed by atoms with Gasteiger partial charge in [-0.05, 0) is 44.6 Å². The zero-order chi connectivity index (χ0) is 29.4. The van der Waals surface area contributed by atoms with E-state index in [9.17, 15) is 14.4 Å². The summed E-state index contributed by atoms with van der Waals surface area (Å²) in [6, 6.07) is 7.48. The molecule has 1 saturated heterocycles. The molecule has 3 N–H and O–H groups in total. The molecule has 1 saturated carbocycles. The summed E-state index contributed by atoms with van der Waals surface area (Å²) in [5.74, 6) is 7.08. The van der Waals surface area contributed by atoms with Crippen LogP contribution in [0.2, 0.25) is 0 Å². The molecular formula is C31H36N8O3. The minimum Gasteiger partial charge on any atom is -0.356 e. The summed E-state index contributed by atoms with van der Waals surface area (Å²) in [4.78, 5) is 53.1. The van der Waals surface area contributed by atoms with Gasteiger partial charge in [-0.1, -0.05) is 30.5 Å². The molecule has 1 aliphatic heterocycles. The largest absolute Gasteiger partial charge is 0.356 e. The third-order valence-corrected chi connectivity index (χ3v) is 8.52. The Morgan fingerprint density at radius 2 is 1.93 bits per heavy atom. The molecule has 1 aromatic carbocycles. The van der Waals surface area contributed by atoms with Gasteiger partial charge in [0, 0.05) is 44.3 Å². The Morgan fingerprint density at radius 1 is 1.12 bits per heavy atom. The number of amides is 1. The molecule has 2 fully saturated rings. The molecule has 218 valence electrons. The molecule has 6 rings (SSSR count). The summed E-state index contributed by atoms with van der Waals surface area (Å²) in [5, 5.41) is 3.97. The Bertz CT molecular complexity index is 1850. The van der Waals surface area contributed by atoms with Crippen molar-refractivity contribution in [2.45, 2.75) is 58.2 Å². The molecule has 2 aliphatic rings. The number of nitrogens with zero attached hydrogens (tertiary/aromatic N) is 6. The van der Waals surface area contributed by atoms with Gasteiger partial charge >= 0.3 is 5.69 Å². The van der Waals surface area contributed by atoms with E-state index in [1.807, 2.05) is 24.3 Å². The number of rotatable bonds is 7. The van der Waals surface area contributed by atoms with Crippen molar-refractivity contribution in [1.82, 2.24) is 29.0 Å². The maximum Gasteiger partial charge on any atom is 0.331 e. The van der Waals surface area contributed by atoms with E-state index in [1.165, 1.54) is 11.0 Å². The third-order valence-electron chi connectivity index (χ3n) is 8.52. The van der Waals surface area contributed by atoms with Crippen LogP contribution in [0.1, 0.15) is 55.2 Å². The lowest BCUT2D eigenvalue weighted by molar-refractivity contribution is 0.0940. The van der Waals surface area contributed by atoms with E-state index in [4.69, 9.17) is 5.73 Å². The van der Waals surface area contributed by atoms with Gasteiger partial charge in [-0.2, -0.15) is 0 Å². The second kappa shape index (κ2) is 11.4. The average molecular weight is 569 g/mol. The zero-order valence-corrected chi connectivity index (χ0v) is 24.1. The zero-order valence-electron chi connectivity index (χ0n) is 24.1. The lowest BCUT2D eigenvalue weighted by atomic mass is 9.85. The fraction of sp³-hybridized carbons (Fsp3) is 0.452. The summed E-state index contributed by atoms with van der Waals surface area (Å²) in [6.07, 6.45) is 6.76. The number of carbonyl (C=O) groups excluding carboxylic acids is 1. The minimum absolute atomic E-state index is 0.0705. The van der Waals surface area contributed by atoms with E-state index < -0.39 is 11.2 Å². The Morgan fingerprint density at radius 3 is 2.67 bits per heavy atom. The van der Waals surface area contributed by atoms with Crippen LogP contribution in [0.4, 0.5) is 5.82 Å². The standard InChI is InChI=1S/C31H36N8O3/c1-3-4-15-38-27-26(25(28(40)34-16-20-9-7-10-20)29(38)37-14-8-12-22(32)18-37)36(2)31(42)39(30(27)41)19-24-33-17-21-11-5-6-13-23(21)35-24/h5-6,11,13,17,20,22H,7-10,12,14-16,18-19,32H2,1-2H3,(H,34,40)/t22-/m1/s1. The van der Waals surface area contributed by atoms with E-state index >= 15 is 0 Å². The highest BCUT2D eigenvalue weighted by atomic mass is 16.2. The summed E-state index contributed by atoms with van der Waals surface area (Å²) in [7, 11) is 1.60. The minimum atomic E-state index is -0.544. The second-order valence-electron chi connectivity index (χ2n) is 11.3. The first-order valence-electron chi connectivity index (χ1n) is 14.6. The molecule has 0 unspecified atom stereocenters. The van der Waals surface area contributed by atoms with Gasteiger partial charge in [0.2, 0.25) is 0 Å². The van der Waals surface area contributed by atoms with E-state index in [-0.39, 0.29) is 30.6 Å². The predicted octanol–water partition coefficient (Wildman–Crippen LogP) is 1.97. The van der Waals surface area contributed by atoms with Crippen LogP contribution in [0, 0.1) is 17.8 Å². The maximum atomic E-state index is 14.3. The normalized spacial score (nSPS) is 17.2. The van der Waals surface area contributed by atoms with Crippen molar-refractivity contribution in [1.29, 1.82) is 0 Å². The van der Waals surface area contributed by atoms with Crippen LogP contribution in [-0.2, 0) is 20.1 Å². The molecule has 0 bridgehead atoms. The van der Waals surface area contributed by atoms with Crippen LogP contribution >= 0.6 is 0 Å². The maximum absolute atomic E-state index is 14.3. The third kappa shape index (κ3) is 4.96. The first-order chi connectivity index (χ1) is 20.4. The number of nitrogens with one attached hydrogen (secondary N) is 1. The number of anilines is 1. The van der Waals surface area contributed by atoms with Crippen molar-refractivity contribution in [3.63, 3.8) is 0 Å². The summed E-state index contributed by atoms with van der Waals surface area (Å²) in [6.45, 7) is 3.59. The van der Waals surface area contributed by atoms with E-state index in [0.29, 0.717) is 48.3 Å². The van der Waals surface area contributed by atoms with Crippen LogP contribution in [0.25, 0.3) is 21.9 Å². The number of fused-ring (bicyclic) bond motifs is 2. The Balaban J connectivity index is 1.56. The topological polar surface area (TPSA) is 133 Å². The van der Waals surface area contributed by atoms with Gasteiger partial charge in [0.15, 0.2) is 0 Å². The molecule has 42 heavy (non-hydrogen) atoms. The van der Waals surface area contributed by atoms with Crippen LogP contribution in [0.5, 0.6) is 0 Å². The highest BCUT2D eigenvalue weighted by Gasteiger charge is 2.33. The monoisotopic (exact) mass is 568 g/mol. The molecular weight excluding hydrogens is 532 g/mol. The fourth-order valence-electron chi connectivity index (χ4n) is 6.07. The predicted molar refractivity (Wildman–Crippen MR) is 163 cm³/mol. The average Bonchev–Trinajstić information content (AvgIpc) is 3.31. The summed E-state index contributed by atoms with van der Waals surface area (Å²) >= 11 is 0. The Hall–Kier alpha value is -4.43. The summed E-state index contributed by atoms with van der Waals surface area (Å²) < 4.78 is 4.34. The van der Waals surface area contributed by atoms with E-state index in [1.54, 1.807) is 24.7 Å². The number of aromatic nitrogens is 5. The van der Waals surface area contributed by atoms with Gasteiger partial charge < -0.3 is 20.5 Å². The first-order valence-corrected chi connectivity index (χ1v) is 14.6. The van der Waals surface area contributed by atoms with Crippen molar-refractivity contribution in [3.8, 4) is 11.8 Å². The van der Waals surface area contributed by atoms with Gasteiger partial charge in [-0.3, -0.25) is 18.7 Å². The van der Waals surface area contributed by atoms with E-state index in [2.05, 4.69) is 32.0 Å². The van der Waals surface area contributed by atoms with Crippen molar-refractivity contribution >= 4 is 33.7 Å². The van der Waals surface area contributed by atoms with Crippen molar-refractivity contribution < 1.29 is 4.79 Å². The first kappa shape index (κ1) is 27.7. The molecule has 1 amide bonds. The Labute approximate surface area is 243 Å². The lowest BCUT2D eigenvalue weighted by Gasteiger charge is -2.33. The second-order valence-corrected chi connectivity index (χ2v) is 11.3. The molecule has 0 radical (unpaired) electrons. The van der Waals surface area contributed by atoms with Gasteiger partial charge in [-0.25, -0.2) is 14.8 Å². The van der Waals surface area contributed by atoms with Crippen LogP contribution in [0.15, 0.2) is 40.1 Å². The Kier molecular flexibility index (Phi) is 7.56. The fourth-order valence-corrected chi connectivity index (χ4v) is 6.07. The van der Waals surface area contributed by atoms with Crippen LogP contribution in [0.3, 0.4) is 0 Å². The molecule has 4 heterocycles. The lowest BCUT2D eigenvalue weighted by Crippen LogP contribution is -2.44. The van der Waals surface area contributed by atoms with Crippen molar-refractivity contribution in [2.24, 2.45) is 18.7 Å². The SMILES string of the molecule is CC#CCn1c(N2CCC[C@@H](N)C2)c(C(=O)NCC2CCC2)c2c1c(=O)n(Cc1ncc3ccccc3n1)c(=O)n2C.